The number of hydrogen-bond acceptors (Lipinski definition) is 1. The van der Waals surface area contributed by atoms with Crippen molar-refractivity contribution in [2.24, 2.45) is 0 Å². The molecule has 2 aromatic rings. The Labute approximate surface area is 106 Å². The molecule has 0 bridgehead atoms. The highest BCUT2D eigenvalue weighted by Crippen LogP contribution is 2.26. The van der Waals surface area contributed by atoms with Gasteiger partial charge in [-0.25, -0.2) is 13.2 Å². The summed E-state index contributed by atoms with van der Waals surface area (Å²) in [5.41, 5.74) is 0.699. The van der Waals surface area contributed by atoms with Gasteiger partial charge in [-0.1, -0.05) is 17.7 Å². The standard InChI is InChI=1S/C13H6ClF3O/c14-10-2-1-7(3-9(10)6-18)8-4-11(15)13(17)12(16)5-8/h1-6H. The van der Waals surface area contributed by atoms with Crippen LogP contribution in [-0.2, 0) is 0 Å². The number of rotatable bonds is 2. The molecule has 5 heteroatoms. The molecule has 1 nitrogen and oxygen atoms in total. The number of aldehydes is 1. The smallest absolute Gasteiger partial charge is 0.194 e. The SMILES string of the molecule is O=Cc1cc(-c2cc(F)c(F)c(F)c2)ccc1Cl. The van der Waals surface area contributed by atoms with Crippen molar-refractivity contribution in [1.29, 1.82) is 0 Å². The maximum atomic E-state index is 13.1. The first-order chi connectivity index (χ1) is 8.52. The van der Waals surface area contributed by atoms with E-state index in [1.807, 2.05) is 0 Å². The van der Waals surface area contributed by atoms with E-state index in [0.29, 0.717) is 11.8 Å². The topological polar surface area (TPSA) is 17.1 Å². The van der Waals surface area contributed by atoms with E-state index in [9.17, 15) is 18.0 Å². The number of carbonyl (C=O) groups excluding carboxylic acids is 1. The van der Waals surface area contributed by atoms with Gasteiger partial charge in [0.1, 0.15) is 0 Å². The second-order valence-electron chi connectivity index (χ2n) is 3.61. The second-order valence-corrected chi connectivity index (χ2v) is 4.02. The molecule has 0 aliphatic carbocycles. The lowest BCUT2D eigenvalue weighted by atomic mass is 10.0. The average Bonchev–Trinajstić information content (AvgIpc) is 2.36. The van der Waals surface area contributed by atoms with Crippen molar-refractivity contribution < 1.29 is 18.0 Å². The van der Waals surface area contributed by atoms with Crippen LogP contribution in [-0.4, -0.2) is 6.29 Å². The van der Waals surface area contributed by atoms with Crippen molar-refractivity contribution in [3.05, 3.63) is 58.4 Å². The van der Waals surface area contributed by atoms with E-state index in [2.05, 4.69) is 0 Å². The molecule has 0 atom stereocenters. The highest BCUT2D eigenvalue weighted by Gasteiger charge is 2.12. The zero-order chi connectivity index (χ0) is 13.3. The lowest BCUT2D eigenvalue weighted by Gasteiger charge is -2.05. The van der Waals surface area contributed by atoms with Gasteiger partial charge in [0.2, 0.25) is 0 Å². The van der Waals surface area contributed by atoms with E-state index in [-0.39, 0.29) is 16.1 Å². The predicted octanol–water partition coefficient (Wildman–Crippen LogP) is 4.24. The summed E-state index contributed by atoms with van der Waals surface area (Å²) in [5, 5.41) is 0.233. The Kier molecular flexibility index (Phi) is 3.39. The lowest BCUT2D eigenvalue weighted by Crippen LogP contribution is -1.92. The summed E-state index contributed by atoms with van der Waals surface area (Å²) in [5.74, 6) is -4.09. The fourth-order valence-electron chi connectivity index (χ4n) is 1.54. The van der Waals surface area contributed by atoms with Crippen LogP contribution < -0.4 is 0 Å². The molecule has 2 aromatic carbocycles. The van der Waals surface area contributed by atoms with Gasteiger partial charge in [-0.3, -0.25) is 4.79 Å². The van der Waals surface area contributed by atoms with Crippen LogP contribution in [0.4, 0.5) is 13.2 Å². The van der Waals surface area contributed by atoms with Gasteiger partial charge < -0.3 is 0 Å². The third-order valence-electron chi connectivity index (χ3n) is 2.44. The summed E-state index contributed by atoms with van der Waals surface area (Å²) >= 11 is 5.73. The second kappa shape index (κ2) is 4.82. The molecule has 0 unspecified atom stereocenters. The minimum Gasteiger partial charge on any atom is -0.298 e. The van der Waals surface area contributed by atoms with Crippen LogP contribution >= 0.6 is 11.6 Å². The van der Waals surface area contributed by atoms with Crippen LogP contribution in [0.2, 0.25) is 5.02 Å². The summed E-state index contributed by atoms with van der Waals surface area (Å²) in [6, 6.07) is 6.01. The average molecular weight is 271 g/mol. The molecule has 0 N–H and O–H groups in total. The van der Waals surface area contributed by atoms with Gasteiger partial charge in [0.25, 0.3) is 0 Å². The van der Waals surface area contributed by atoms with Gasteiger partial charge in [0.15, 0.2) is 23.7 Å². The molecule has 0 amide bonds. The van der Waals surface area contributed by atoms with Crippen LogP contribution in [0, 0.1) is 17.5 Å². The zero-order valence-electron chi connectivity index (χ0n) is 8.88. The summed E-state index contributed by atoms with van der Waals surface area (Å²) in [6.07, 6.45) is 0.530. The van der Waals surface area contributed by atoms with Crippen LogP contribution in [0.3, 0.4) is 0 Å². The molecule has 18 heavy (non-hydrogen) atoms. The molecule has 0 aliphatic rings. The van der Waals surface area contributed by atoms with E-state index in [1.54, 1.807) is 0 Å². The third kappa shape index (κ3) is 2.24. The van der Waals surface area contributed by atoms with E-state index < -0.39 is 17.5 Å². The molecule has 0 radical (unpaired) electrons. The van der Waals surface area contributed by atoms with Crippen LogP contribution in [0.15, 0.2) is 30.3 Å². The van der Waals surface area contributed by atoms with Crippen molar-refractivity contribution in [2.45, 2.75) is 0 Å². The van der Waals surface area contributed by atoms with Crippen LogP contribution in [0.5, 0.6) is 0 Å². The third-order valence-corrected chi connectivity index (χ3v) is 2.78. The largest absolute Gasteiger partial charge is 0.298 e. The molecule has 2 rings (SSSR count). The quantitative estimate of drug-likeness (QED) is 0.589. The maximum Gasteiger partial charge on any atom is 0.194 e. The van der Waals surface area contributed by atoms with E-state index >= 15 is 0 Å². The molecule has 0 heterocycles. The van der Waals surface area contributed by atoms with Gasteiger partial charge in [-0.15, -0.1) is 0 Å². The number of carbonyl (C=O) groups is 1. The fourth-order valence-corrected chi connectivity index (χ4v) is 1.70. The first kappa shape index (κ1) is 12.6. The molecule has 0 saturated carbocycles. The molecule has 0 spiro atoms. The fraction of sp³-hybridized carbons (Fsp3) is 0. The van der Waals surface area contributed by atoms with Gasteiger partial charge in [0, 0.05) is 5.56 Å². The Morgan fingerprint density at radius 2 is 1.56 bits per heavy atom. The number of halogens is 4. The molecule has 0 saturated heterocycles. The van der Waals surface area contributed by atoms with E-state index in [0.717, 1.165) is 12.1 Å². The Morgan fingerprint density at radius 3 is 2.11 bits per heavy atom. The van der Waals surface area contributed by atoms with Gasteiger partial charge in [-0.05, 0) is 35.4 Å². The van der Waals surface area contributed by atoms with Gasteiger partial charge in [-0.2, -0.15) is 0 Å². The number of benzene rings is 2. The van der Waals surface area contributed by atoms with E-state index in [1.165, 1.54) is 18.2 Å². The number of hydrogen-bond donors (Lipinski definition) is 0. The summed E-state index contributed by atoms with van der Waals surface area (Å²) in [4.78, 5) is 10.7. The summed E-state index contributed by atoms with van der Waals surface area (Å²) < 4.78 is 39.0. The summed E-state index contributed by atoms with van der Waals surface area (Å²) in [7, 11) is 0. The predicted molar refractivity (Wildman–Crippen MR) is 62.1 cm³/mol. The first-order valence-electron chi connectivity index (χ1n) is 4.92. The Bertz CT molecular complexity index is 603. The van der Waals surface area contributed by atoms with Crippen LogP contribution in [0.1, 0.15) is 10.4 Å². The highest BCUT2D eigenvalue weighted by atomic mass is 35.5. The zero-order valence-corrected chi connectivity index (χ0v) is 9.64. The van der Waals surface area contributed by atoms with Gasteiger partial charge >= 0.3 is 0 Å². The summed E-state index contributed by atoms with van der Waals surface area (Å²) in [6.45, 7) is 0. The Morgan fingerprint density at radius 1 is 0.944 bits per heavy atom. The Balaban J connectivity index is 2.58. The van der Waals surface area contributed by atoms with E-state index in [4.69, 9.17) is 11.6 Å². The minimum absolute atomic E-state index is 0.131. The van der Waals surface area contributed by atoms with Crippen molar-refractivity contribution in [1.82, 2.24) is 0 Å². The highest BCUT2D eigenvalue weighted by molar-refractivity contribution is 6.33. The molecule has 92 valence electrons. The van der Waals surface area contributed by atoms with Crippen molar-refractivity contribution in [3.63, 3.8) is 0 Å². The Hall–Kier alpha value is -1.81. The normalized spacial score (nSPS) is 10.4. The monoisotopic (exact) mass is 270 g/mol. The first-order valence-corrected chi connectivity index (χ1v) is 5.30. The lowest BCUT2D eigenvalue weighted by molar-refractivity contribution is 0.112. The maximum absolute atomic E-state index is 13.1. The molecular weight excluding hydrogens is 265 g/mol. The van der Waals surface area contributed by atoms with Gasteiger partial charge in [0.05, 0.1) is 5.02 Å². The van der Waals surface area contributed by atoms with Crippen molar-refractivity contribution in [3.8, 4) is 11.1 Å². The molecule has 0 fully saturated rings. The molecular formula is C13H6ClF3O. The van der Waals surface area contributed by atoms with Crippen molar-refractivity contribution in [2.75, 3.05) is 0 Å². The van der Waals surface area contributed by atoms with Crippen LogP contribution in [0.25, 0.3) is 11.1 Å². The molecule has 0 aliphatic heterocycles. The minimum atomic E-state index is -1.52. The molecule has 0 aromatic heterocycles. The van der Waals surface area contributed by atoms with Crippen molar-refractivity contribution >= 4 is 17.9 Å².